The van der Waals surface area contributed by atoms with Crippen LogP contribution < -0.4 is 5.56 Å². The van der Waals surface area contributed by atoms with Crippen LogP contribution in [0.25, 0.3) is 9.65 Å². The zero-order valence-corrected chi connectivity index (χ0v) is 14.9. The molecule has 22 heavy (non-hydrogen) atoms. The fraction of sp³-hybridized carbons (Fsp3) is 0.500. The van der Waals surface area contributed by atoms with Crippen molar-refractivity contribution >= 4 is 30.3 Å². The first-order valence-corrected chi connectivity index (χ1v) is 8.87. The van der Waals surface area contributed by atoms with E-state index in [4.69, 9.17) is 4.74 Å². The summed E-state index contributed by atoms with van der Waals surface area (Å²) in [5.41, 5.74) is 0.101. The first kappa shape index (κ1) is 15.5. The second kappa shape index (κ2) is 5.08. The Morgan fingerprint density at radius 2 is 2.18 bits per heavy atom. The van der Waals surface area contributed by atoms with Gasteiger partial charge in [0, 0.05) is 0 Å². The maximum atomic E-state index is 12.6. The molecule has 2 aromatic rings. The Hall–Kier alpha value is -1.36. The molecule has 0 bridgehead atoms. The summed E-state index contributed by atoms with van der Waals surface area (Å²) < 4.78 is 8.51. The standard InChI is InChI=1S/C16H20N2O3Se/c1-15(2)9-21-13(17-15)10-6-5-7-11-12(10)22-18(14(11)20)16(3,4)8-19/h5-7,19H,8-9H2,1-4H3. The summed E-state index contributed by atoms with van der Waals surface area (Å²) in [5, 5.41) is 10.3. The van der Waals surface area contributed by atoms with E-state index in [-0.39, 0.29) is 32.4 Å². The van der Waals surface area contributed by atoms with Crippen LogP contribution in [0.2, 0.25) is 0 Å². The molecule has 1 aliphatic rings. The van der Waals surface area contributed by atoms with Gasteiger partial charge in [-0.15, -0.1) is 0 Å². The van der Waals surface area contributed by atoms with Gasteiger partial charge in [0.05, 0.1) is 0 Å². The number of ether oxygens (including phenoxy) is 1. The molecule has 0 spiro atoms. The van der Waals surface area contributed by atoms with Gasteiger partial charge in [-0.25, -0.2) is 0 Å². The average molecular weight is 367 g/mol. The quantitative estimate of drug-likeness (QED) is 0.833. The molecule has 1 N–H and O–H groups in total. The first-order valence-electron chi connectivity index (χ1n) is 7.25. The third kappa shape index (κ3) is 2.45. The number of aliphatic hydroxyl groups excluding tert-OH is 1. The molecule has 6 heteroatoms. The van der Waals surface area contributed by atoms with Gasteiger partial charge in [0.25, 0.3) is 0 Å². The Bertz CT molecular complexity index is 814. The topological polar surface area (TPSA) is 63.8 Å². The fourth-order valence-corrected chi connectivity index (χ4v) is 4.87. The van der Waals surface area contributed by atoms with Gasteiger partial charge in [0.2, 0.25) is 0 Å². The predicted octanol–water partition coefficient (Wildman–Crippen LogP) is 1.34. The van der Waals surface area contributed by atoms with Crippen LogP contribution in [0.3, 0.4) is 0 Å². The number of aliphatic imine (C=N–C) groups is 1. The molecule has 0 aliphatic carbocycles. The van der Waals surface area contributed by atoms with Crippen LogP contribution >= 0.6 is 0 Å². The van der Waals surface area contributed by atoms with Gasteiger partial charge in [-0.1, -0.05) is 0 Å². The molecule has 5 nitrogen and oxygen atoms in total. The van der Waals surface area contributed by atoms with E-state index < -0.39 is 5.54 Å². The predicted molar refractivity (Wildman–Crippen MR) is 88.1 cm³/mol. The van der Waals surface area contributed by atoms with Crippen molar-refractivity contribution in [3.8, 4) is 0 Å². The zero-order chi connectivity index (χ0) is 16.1. The Morgan fingerprint density at radius 1 is 1.45 bits per heavy atom. The molecular formula is C16H20N2O3Se. The third-order valence-corrected chi connectivity index (χ3v) is 6.82. The van der Waals surface area contributed by atoms with Crippen molar-refractivity contribution in [1.82, 2.24) is 3.56 Å². The minimum absolute atomic E-state index is 0.0197. The second-order valence-corrected chi connectivity index (χ2v) is 8.87. The Kier molecular flexibility index (Phi) is 3.59. The summed E-state index contributed by atoms with van der Waals surface area (Å²) in [6, 6.07) is 5.68. The summed E-state index contributed by atoms with van der Waals surface area (Å²) >= 11 is -0.187. The minimum atomic E-state index is -0.564. The van der Waals surface area contributed by atoms with Gasteiger partial charge in [-0.2, -0.15) is 0 Å². The van der Waals surface area contributed by atoms with E-state index in [1.54, 1.807) is 3.56 Å². The molecule has 118 valence electrons. The zero-order valence-electron chi connectivity index (χ0n) is 13.2. The van der Waals surface area contributed by atoms with Gasteiger partial charge >= 0.3 is 135 Å². The monoisotopic (exact) mass is 368 g/mol. The van der Waals surface area contributed by atoms with Crippen molar-refractivity contribution in [3.63, 3.8) is 0 Å². The normalized spacial score (nSPS) is 17.6. The second-order valence-electron chi connectivity index (χ2n) is 6.86. The van der Waals surface area contributed by atoms with E-state index in [2.05, 4.69) is 4.99 Å². The van der Waals surface area contributed by atoms with Crippen molar-refractivity contribution in [2.75, 3.05) is 13.2 Å². The van der Waals surface area contributed by atoms with Crippen LogP contribution in [0.1, 0.15) is 33.3 Å². The van der Waals surface area contributed by atoms with Crippen LogP contribution in [0.5, 0.6) is 0 Å². The molecule has 2 heterocycles. The van der Waals surface area contributed by atoms with Gasteiger partial charge in [-0.05, 0) is 0 Å². The molecule has 0 fully saturated rings. The van der Waals surface area contributed by atoms with E-state index in [1.807, 2.05) is 45.9 Å². The molecular weight excluding hydrogens is 347 g/mol. The summed E-state index contributed by atoms with van der Waals surface area (Å²) in [4.78, 5) is 17.3. The van der Waals surface area contributed by atoms with Gasteiger partial charge in [-0.3, -0.25) is 0 Å². The summed E-state index contributed by atoms with van der Waals surface area (Å²) in [6.07, 6.45) is 0. The van der Waals surface area contributed by atoms with Crippen molar-refractivity contribution < 1.29 is 9.84 Å². The number of benzene rings is 1. The Morgan fingerprint density at radius 3 is 2.77 bits per heavy atom. The van der Waals surface area contributed by atoms with Crippen molar-refractivity contribution in [1.29, 1.82) is 0 Å². The fourth-order valence-electron chi connectivity index (χ4n) is 2.40. The molecule has 1 aromatic carbocycles. The number of rotatable bonds is 3. The van der Waals surface area contributed by atoms with Crippen LogP contribution in [0.4, 0.5) is 0 Å². The number of hydrogen-bond donors (Lipinski definition) is 1. The summed E-state index contributed by atoms with van der Waals surface area (Å²) in [5.74, 6) is 0.625. The average Bonchev–Trinajstić information content (AvgIpc) is 3.00. The Balaban J connectivity index is 2.23. The van der Waals surface area contributed by atoms with Crippen molar-refractivity contribution in [2.45, 2.75) is 38.8 Å². The van der Waals surface area contributed by atoms with Crippen LogP contribution in [-0.4, -0.2) is 48.1 Å². The van der Waals surface area contributed by atoms with Crippen LogP contribution in [0.15, 0.2) is 28.0 Å². The molecule has 0 radical (unpaired) electrons. The molecule has 0 saturated heterocycles. The molecule has 0 saturated carbocycles. The molecule has 0 atom stereocenters. The Labute approximate surface area is 135 Å². The number of aromatic nitrogens is 1. The van der Waals surface area contributed by atoms with E-state index >= 15 is 0 Å². The molecule has 3 rings (SSSR count). The number of aliphatic hydroxyl groups is 1. The van der Waals surface area contributed by atoms with Gasteiger partial charge in [0.1, 0.15) is 0 Å². The van der Waals surface area contributed by atoms with E-state index in [0.29, 0.717) is 17.9 Å². The SMILES string of the molecule is CC1(C)COC(c2cccc3c(=O)n(C(C)(C)CO)[se]c23)=N1. The summed E-state index contributed by atoms with van der Waals surface area (Å²) in [7, 11) is 0. The number of fused-ring (bicyclic) bond motifs is 1. The van der Waals surface area contributed by atoms with Crippen molar-refractivity contribution in [3.05, 3.63) is 34.1 Å². The van der Waals surface area contributed by atoms with Gasteiger partial charge in [0.15, 0.2) is 0 Å². The molecule has 1 aliphatic heterocycles. The van der Waals surface area contributed by atoms with E-state index in [1.165, 1.54) is 0 Å². The van der Waals surface area contributed by atoms with E-state index in [0.717, 1.165) is 9.82 Å². The maximum absolute atomic E-state index is 12.6. The third-order valence-electron chi connectivity index (χ3n) is 3.75. The van der Waals surface area contributed by atoms with Crippen LogP contribution in [-0.2, 0) is 10.3 Å². The van der Waals surface area contributed by atoms with E-state index in [9.17, 15) is 9.90 Å². The van der Waals surface area contributed by atoms with Crippen molar-refractivity contribution in [2.24, 2.45) is 4.99 Å². The molecule has 0 unspecified atom stereocenters. The first-order chi connectivity index (χ1) is 10.2. The molecule has 0 amide bonds. The number of hydrogen-bond acceptors (Lipinski definition) is 4. The summed E-state index contributed by atoms with van der Waals surface area (Å²) in [6.45, 7) is 8.31. The molecule has 1 aromatic heterocycles. The van der Waals surface area contributed by atoms with Gasteiger partial charge < -0.3 is 0 Å². The van der Waals surface area contributed by atoms with Crippen LogP contribution in [0, 0.1) is 0 Å². The number of nitrogens with zero attached hydrogens (tertiary/aromatic N) is 2.